The molecule has 0 radical (unpaired) electrons. The first kappa shape index (κ1) is 10.8. The lowest BCUT2D eigenvalue weighted by molar-refractivity contribution is 0.131. The molecule has 16 heavy (non-hydrogen) atoms. The summed E-state index contributed by atoms with van der Waals surface area (Å²) in [5.41, 5.74) is 0.137. The van der Waals surface area contributed by atoms with Crippen LogP contribution in [0.3, 0.4) is 0 Å². The van der Waals surface area contributed by atoms with Gasteiger partial charge in [0.05, 0.1) is 12.8 Å². The Labute approximate surface area is 104 Å². The van der Waals surface area contributed by atoms with Crippen LogP contribution < -0.4 is 4.90 Å². The van der Waals surface area contributed by atoms with Crippen molar-refractivity contribution in [2.75, 3.05) is 18.1 Å². The first-order chi connectivity index (χ1) is 7.75. The molecule has 1 aromatic rings. The van der Waals surface area contributed by atoms with E-state index in [1.807, 2.05) is 0 Å². The van der Waals surface area contributed by atoms with Crippen LogP contribution in [-0.4, -0.2) is 29.3 Å². The molecule has 1 aromatic heterocycles. The molecule has 2 atom stereocenters. The lowest BCUT2D eigenvalue weighted by atomic mass is 9.83. The van der Waals surface area contributed by atoms with Crippen molar-refractivity contribution in [3.63, 3.8) is 0 Å². The fourth-order valence-electron chi connectivity index (χ4n) is 3.27. The molecule has 1 aliphatic heterocycles. The molecule has 0 amide bonds. The van der Waals surface area contributed by atoms with Crippen molar-refractivity contribution in [1.82, 2.24) is 4.98 Å². The quantitative estimate of drug-likeness (QED) is 0.886. The summed E-state index contributed by atoms with van der Waals surface area (Å²) in [4.78, 5) is 6.70. The van der Waals surface area contributed by atoms with Crippen LogP contribution in [0, 0.1) is 5.41 Å². The average Bonchev–Trinajstić information content (AvgIpc) is 2.91. The number of nitrogens with zero attached hydrogens (tertiary/aromatic N) is 2. The third-order valence-electron chi connectivity index (χ3n) is 4.11. The zero-order valence-electron chi connectivity index (χ0n) is 9.03. The molecule has 2 aliphatic rings. The Bertz CT molecular complexity index is 397. The van der Waals surface area contributed by atoms with E-state index in [-0.39, 0.29) is 5.41 Å². The van der Waals surface area contributed by atoms with Crippen molar-refractivity contribution in [1.29, 1.82) is 0 Å². The van der Waals surface area contributed by atoms with Crippen LogP contribution in [0.2, 0.25) is 4.34 Å². The summed E-state index contributed by atoms with van der Waals surface area (Å²) < 4.78 is 0.745. The second kappa shape index (κ2) is 3.86. The van der Waals surface area contributed by atoms with Gasteiger partial charge in [-0.05, 0) is 19.3 Å². The predicted molar refractivity (Wildman–Crippen MR) is 66.2 cm³/mol. The van der Waals surface area contributed by atoms with Gasteiger partial charge in [-0.15, -0.1) is 0 Å². The van der Waals surface area contributed by atoms with Crippen molar-refractivity contribution < 1.29 is 5.11 Å². The molecule has 0 spiro atoms. The maximum atomic E-state index is 9.63. The normalized spacial score (nSPS) is 33.4. The van der Waals surface area contributed by atoms with E-state index in [4.69, 9.17) is 11.6 Å². The van der Waals surface area contributed by atoms with Gasteiger partial charge in [0, 0.05) is 18.0 Å². The van der Waals surface area contributed by atoms with Crippen LogP contribution in [0.4, 0.5) is 5.13 Å². The number of hydrogen-bond donors (Lipinski definition) is 1. The number of aromatic nitrogens is 1. The van der Waals surface area contributed by atoms with Crippen LogP contribution in [-0.2, 0) is 0 Å². The Morgan fingerprint density at radius 3 is 3.19 bits per heavy atom. The molecular weight excluding hydrogens is 244 g/mol. The van der Waals surface area contributed by atoms with Gasteiger partial charge in [-0.2, -0.15) is 0 Å². The van der Waals surface area contributed by atoms with Gasteiger partial charge in [-0.25, -0.2) is 4.98 Å². The van der Waals surface area contributed by atoms with Gasteiger partial charge in [-0.3, -0.25) is 0 Å². The van der Waals surface area contributed by atoms with E-state index in [0.29, 0.717) is 12.6 Å². The van der Waals surface area contributed by atoms with Crippen molar-refractivity contribution in [2.45, 2.75) is 31.7 Å². The van der Waals surface area contributed by atoms with E-state index >= 15 is 0 Å². The number of halogens is 1. The van der Waals surface area contributed by atoms with Gasteiger partial charge in [0.25, 0.3) is 0 Å². The maximum Gasteiger partial charge on any atom is 0.186 e. The number of fused-ring (bicyclic) bond motifs is 1. The van der Waals surface area contributed by atoms with E-state index in [2.05, 4.69) is 9.88 Å². The second-order valence-electron chi connectivity index (χ2n) is 4.82. The molecule has 5 heteroatoms. The summed E-state index contributed by atoms with van der Waals surface area (Å²) in [6.07, 6.45) is 6.36. The fourth-order valence-corrected chi connectivity index (χ4v) is 4.25. The minimum Gasteiger partial charge on any atom is -0.396 e. The SMILES string of the molecule is OC[C@]12CCC[C@H]1N(c1ncc(Cl)s1)CC2. The third kappa shape index (κ3) is 1.47. The molecule has 2 fully saturated rings. The number of anilines is 1. The van der Waals surface area contributed by atoms with Crippen molar-refractivity contribution in [2.24, 2.45) is 5.41 Å². The molecule has 0 bridgehead atoms. The highest BCUT2D eigenvalue weighted by atomic mass is 35.5. The first-order valence-corrected chi connectivity index (χ1v) is 6.93. The monoisotopic (exact) mass is 258 g/mol. The van der Waals surface area contributed by atoms with Gasteiger partial charge >= 0.3 is 0 Å². The molecular formula is C11H15ClN2OS. The molecule has 0 unspecified atom stereocenters. The van der Waals surface area contributed by atoms with Gasteiger partial charge in [0.1, 0.15) is 4.34 Å². The van der Waals surface area contributed by atoms with Gasteiger partial charge < -0.3 is 10.0 Å². The number of aliphatic hydroxyl groups is 1. The molecule has 3 nitrogen and oxygen atoms in total. The minimum absolute atomic E-state index is 0.137. The summed E-state index contributed by atoms with van der Waals surface area (Å²) in [6.45, 7) is 1.32. The average molecular weight is 259 g/mol. The summed E-state index contributed by atoms with van der Waals surface area (Å²) >= 11 is 7.47. The van der Waals surface area contributed by atoms with Gasteiger partial charge in [0.15, 0.2) is 5.13 Å². The Hall–Kier alpha value is -0.320. The second-order valence-corrected chi connectivity index (χ2v) is 6.46. The molecule has 2 heterocycles. The van der Waals surface area contributed by atoms with Crippen LogP contribution in [0.15, 0.2) is 6.20 Å². The van der Waals surface area contributed by atoms with Gasteiger partial charge in [-0.1, -0.05) is 29.4 Å². The third-order valence-corrected chi connectivity index (χ3v) is 5.26. The van der Waals surface area contributed by atoms with Crippen molar-refractivity contribution in [3.8, 4) is 0 Å². The molecule has 1 saturated heterocycles. The number of rotatable bonds is 2. The minimum atomic E-state index is 0.137. The largest absolute Gasteiger partial charge is 0.396 e. The highest BCUT2D eigenvalue weighted by Gasteiger charge is 2.50. The molecule has 1 N–H and O–H groups in total. The van der Waals surface area contributed by atoms with E-state index in [1.165, 1.54) is 12.8 Å². The Kier molecular flexibility index (Phi) is 2.61. The van der Waals surface area contributed by atoms with Gasteiger partial charge in [0.2, 0.25) is 0 Å². The van der Waals surface area contributed by atoms with E-state index < -0.39 is 0 Å². The Morgan fingerprint density at radius 1 is 1.62 bits per heavy atom. The highest BCUT2D eigenvalue weighted by molar-refractivity contribution is 7.19. The summed E-state index contributed by atoms with van der Waals surface area (Å²) in [6, 6.07) is 0.472. The van der Waals surface area contributed by atoms with E-state index in [0.717, 1.165) is 28.9 Å². The number of hydrogen-bond acceptors (Lipinski definition) is 4. The highest BCUT2D eigenvalue weighted by Crippen LogP contribution is 2.50. The Morgan fingerprint density at radius 2 is 2.50 bits per heavy atom. The Balaban J connectivity index is 1.89. The zero-order valence-corrected chi connectivity index (χ0v) is 10.6. The molecule has 1 saturated carbocycles. The summed E-state index contributed by atoms with van der Waals surface area (Å²) in [7, 11) is 0. The van der Waals surface area contributed by atoms with Crippen molar-refractivity contribution in [3.05, 3.63) is 10.5 Å². The maximum absolute atomic E-state index is 9.63. The fraction of sp³-hybridized carbons (Fsp3) is 0.727. The lowest BCUT2D eigenvalue weighted by Crippen LogP contribution is -2.37. The molecule has 88 valence electrons. The first-order valence-electron chi connectivity index (χ1n) is 5.74. The van der Waals surface area contributed by atoms with Crippen molar-refractivity contribution >= 4 is 28.1 Å². The lowest BCUT2D eigenvalue weighted by Gasteiger charge is -2.30. The van der Waals surface area contributed by atoms with Crippen LogP contribution in [0.5, 0.6) is 0 Å². The summed E-state index contributed by atoms with van der Waals surface area (Å²) in [5, 5.41) is 10.6. The van der Waals surface area contributed by atoms with Crippen LogP contribution in [0.1, 0.15) is 25.7 Å². The smallest absolute Gasteiger partial charge is 0.186 e. The molecule has 0 aromatic carbocycles. The summed E-state index contributed by atoms with van der Waals surface area (Å²) in [5.74, 6) is 0. The van der Waals surface area contributed by atoms with E-state index in [1.54, 1.807) is 17.5 Å². The van der Waals surface area contributed by atoms with E-state index in [9.17, 15) is 5.11 Å². The molecule has 1 aliphatic carbocycles. The number of thiazole rings is 1. The van der Waals surface area contributed by atoms with Crippen LogP contribution in [0.25, 0.3) is 0 Å². The predicted octanol–water partition coefficient (Wildman–Crippen LogP) is 2.54. The molecule has 3 rings (SSSR count). The number of aliphatic hydroxyl groups excluding tert-OH is 1. The van der Waals surface area contributed by atoms with Crippen LogP contribution >= 0.6 is 22.9 Å². The standard InChI is InChI=1S/C11H15ClN2OS/c12-9-6-13-10(16-9)14-5-4-11(7-15)3-1-2-8(11)14/h6,8,15H,1-5,7H2/t8-,11-/m1/s1. The topological polar surface area (TPSA) is 36.4 Å². The zero-order chi connectivity index (χ0) is 11.2.